The van der Waals surface area contributed by atoms with Crippen molar-refractivity contribution in [3.05, 3.63) is 69.3 Å². The summed E-state index contributed by atoms with van der Waals surface area (Å²) in [5, 5.41) is 3.73. The monoisotopic (exact) mass is 393 g/mol. The summed E-state index contributed by atoms with van der Waals surface area (Å²) in [5.41, 5.74) is 2.82. The van der Waals surface area contributed by atoms with Crippen LogP contribution in [0.1, 0.15) is 37.3 Å². The third-order valence-electron chi connectivity index (χ3n) is 3.95. The van der Waals surface area contributed by atoms with Gasteiger partial charge in [-0.15, -0.1) is 0 Å². The molecule has 0 fully saturated rings. The van der Waals surface area contributed by atoms with Crippen LogP contribution in [0.3, 0.4) is 0 Å². The summed E-state index contributed by atoms with van der Waals surface area (Å²) in [4.78, 5) is 0. The molecule has 0 amide bonds. The van der Waals surface area contributed by atoms with Gasteiger partial charge in [-0.1, -0.05) is 56.3 Å². The zero-order valence-electron chi connectivity index (χ0n) is 12.9. The van der Waals surface area contributed by atoms with E-state index >= 15 is 0 Å². The first-order valence-electron chi connectivity index (χ1n) is 7.73. The second-order valence-corrected chi connectivity index (χ2v) is 6.84. The number of hydrogen-bond acceptors (Lipinski definition) is 1. The lowest BCUT2D eigenvalue weighted by Gasteiger charge is -2.26. The summed E-state index contributed by atoms with van der Waals surface area (Å²) in [7, 11) is 0. The minimum absolute atomic E-state index is 0.479. The van der Waals surface area contributed by atoms with E-state index in [2.05, 4.69) is 96.4 Å². The van der Waals surface area contributed by atoms with Gasteiger partial charge in [-0.3, -0.25) is 0 Å². The van der Waals surface area contributed by atoms with Crippen molar-refractivity contribution < 1.29 is 0 Å². The fourth-order valence-corrected chi connectivity index (χ4v) is 2.98. The van der Waals surface area contributed by atoms with Gasteiger partial charge < -0.3 is 5.32 Å². The van der Waals surface area contributed by atoms with Crippen LogP contribution in [0.5, 0.6) is 0 Å². The van der Waals surface area contributed by atoms with Crippen LogP contribution < -0.4 is 5.32 Å². The van der Waals surface area contributed by atoms with Gasteiger partial charge in [-0.25, -0.2) is 0 Å². The largest absolute Gasteiger partial charge is 0.313 e. The number of hydrogen-bond donors (Lipinski definition) is 1. The minimum Gasteiger partial charge on any atom is -0.313 e. The Kier molecular flexibility index (Phi) is 6.71. The van der Waals surface area contributed by atoms with Crippen LogP contribution in [0.4, 0.5) is 0 Å². The molecule has 0 aliphatic heterocycles. The van der Waals surface area contributed by atoms with E-state index in [0.29, 0.717) is 12.0 Å². The molecule has 0 aromatic heterocycles. The van der Waals surface area contributed by atoms with Crippen LogP contribution >= 0.6 is 22.6 Å². The van der Waals surface area contributed by atoms with Crippen LogP contribution in [0.2, 0.25) is 0 Å². The topological polar surface area (TPSA) is 12.0 Å². The first kappa shape index (κ1) is 16.5. The van der Waals surface area contributed by atoms with E-state index in [1.54, 1.807) is 0 Å². The molecule has 0 aliphatic carbocycles. The van der Waals surface area contributed by atoms with Crippen LogP contribution in [-0.2, 0) is 6.42 Å². The van der Waals surface area contributed by atoms with E-state index in [1.807, 2.05) is 0 Å². The second kappa shape index (κ2) is 8.54. The van der Waals surface area contributed by atoms with Gasteiger partial charge in [0.05, 0.1) is 0 Å². The van der Waals surface area contributed by atoms with Crippen molar-refractivity contribution in [2.24, 2.45) is 0 Å². The van der Waals surface area contributed by atoms with Crippen LogP contribution in [0.25, 0.3) is 0 Å². The Morgan fingerprint density at radius 2 is 1.67 bits per heavy atom. The average molecular weight is 393 g/mol. The molecule has 21 heavy (non-hydrogen) atoms. The summed E-state index contributed by atoms with van der Waals surface area (Å²) in [6.45, 7) is 5.63. The van der Waals surface area contributed by atoms with Gasteiger partial charge in [0, 0.05) is 9.61 Å². The summed E-state index contributed by atoms with van der Waals surface area (Å²) in [6.07, 6.45) is 2.25. The van der Waals surface area contributed by atoms with E-state index in [9.17, 15) is 0 Å². The lowest BCUT2D eigenvalue weighted by molar-refractivity contribution is 0.447. The Bertz CT molecular complexity index is 521. The molecule has 2 aromatic carbocycles. The predicted molar refractivity (Wildman–Crippen MR) is 99.8 cm³/mol. The van der Waals surface area contributed by atoms with E-state index in [0.717, 1.165) is 13.0 Å². The molecule has 0 saturated heterocycles. The van der Waals surface area contributed by atoms with Crippen molar-refractivity contribution in [3.8, 4) is 0 Å². The third kappa shape index (κ3) is 5.11. The number of halogens is 1. The van der Waals surface area contributed by atoms with Gasteiger partial charge in [0.25, 0.3) is 0 Å². The lowest BCUT2D eigenvalue weighted by atomic mass is 9.89. The normalized spacial score (nSPS) is 13.9. The molecule has 2 rings (SSSR count). The maximum atomic E-state index is 3.73. The summed E-state index contributed by atoms with van der Waals surface area (Å²) in [5.74, 6) is 0.511. The van der Waals surface area contributed by atoms with Gasteiger partial charge in [-0.2, -0.15) is 0 Å². The Labute approximate surface area is 142 Å². The molecule has 0 spiro atoms. The Balaban J connectivity index is 2.11. The van der Waals surface area contributed by atoms with Gasteiger partial charge in [0.2, 0.25) is 0 Å². The van der Waals surface area contributed by atoms with E-state index in [1.165, 1.54) is 21.1 Å². The SMILES string of the molecule is CCCNC(Cc1ccc(I)cc1)C(C)c1ccccc1. The standard InChI is InChI=1S/C19H24IN/c1-3-13-21-19(14-16-9-11-18(20)12-10-16)15(2)17-7-5-4-6-8-17/h4-12,15,19,21H,3,13-14H2,1-2H3. The molecule has 2 heteroatoms. The second-order valence-electron chi connectivity index (χ2n) is 5.59. The van der Waals surface area contributed by atoms with Crippen molar-refractivity contribution in [1.29, 1.82) is 0 Å². The molecule has 0 aliphatic rings. The molecule has 1 nitrogen and oxygen atoms in total. The average Bonchev–Trinajstić information content (AvgIpc) is 2.53. The predicted octanol–water partition coefficient (Wildman–Crippen LogP) is 5.01. The first-order chi connectivity index (χ1) is 10.2. The van der Waals surface area contributed by atoms with Crippen molar-refractivity contribution in [1.82, 2.24) is 5.32 Å². The molecule has 0 bridgehead atoms. The highest BCUT2D eigenvalue weighted by Gasteiger charge is 2.18. The molecule has 1 N–H and O–H groups in total. The quantitative estimate of drug-likeness (QED) is 0.653. The third-order valence-corrected chi connectivity index (χ3v) is 4.67. The maximum absolute atomic E-state index is 3.73. The fourth-order valence-electron chi connectivity index (χ4n) is 2.62. The molecule has 2 atom stereocenters. The molecule has 2 aromatic rings. The van der Waals surface area contributed by atoms with Crippen molar-refractivity contribution in [2.45, 2.75) is 38.6 Å². The van der Waals surface area contributed by atoms with Crippen LogP contribution in [0, 0.1) is 3.57 Å². The summed E-state index contributed by atoms with van der Waals surface area (Å²) in [6, 6.07) is 20.2. The summed E-state index contributed by atoms with van der Waals surface area (Å²) < 4.78 is 1.30. The van der Waals surface area contributed by atoms with Crippen LogP contribution in [-0.4, -0.2) is 12.6 Å². The smallest absolute Gasteiger partial charge is 0.0173 e. The van der Waals surface area contributed by atoms with Gasteiger partial charge in [0.15, 0.2) is 0 Å². The molecular formula is C19H24IN. The molecule has 0 radical (unpaired) electrons. The Morgan fingerprint density at radius 1 is 1.00 bits per heavy atom. The maximum Gasteiger partial charge on any atom is 0.0173 e. The van der Waals surface area contributed by atoms with E-state index in [4.69, 9.17) is 0 Å². The van der Waals surface area contributed by atoms with Gasteiger partial charge in [-0.05, 0) is 71.2 Å². The molecule has 0 saturated carbocycles. The highest BCUT2D eigenvalue weighted by atomic mass is 127. The minimum atomic E-state index is 0.479. The lowest BCUT2D eigenvalue weighted by Crippen LogP contribution is -2.36. The highest BCUT2D eigenvalue weighted by molar-refractivity contribution is 14.1. The zero-order valence-corrected chi connectivity index (χ0v) is 15.0. The molecule has 2 unspecified atom stereocenters. The molecular weight excluding hydrogens is 369 g/mol. The van der Waals surface area contributed by atoms with Crippen molar-refractivity contribution in [3.63, 3.8) is 0 Å². The van der Waals surface area contributed by atoms with Crippen LogP contribution in [0.15, 0.2) is 54.6 Å². The number of rotatable bonds is 7. The Hall–Kier alpha value is -0.870. The first-order valence-corrected chi connectivity index (χ1v) is 8.81. The number of benzene rings is 2. The highest BCUT2D eigenvalue weighted by Crippen LogP contribution is 2.22. The zero-order chi connectivity index (χ0) is 15.1. The fraction of sp³-hybridized carbons (Fsp3) is 0.368. The van der Waals surface area contributed by atoms with E-state index < -0.39 is 0 Å². The van der Waals surface area contributed by atoms with Gasteiger partial charge in [0.1, 0.15) is 0 Å². The summed E-state index contributed by atoms with van der Waals surface area (Å²) >= 11 is 2.36. The van der Waals surface area contributed by atoms with Gasteiger partial charge >= 0.3 is 0 Å². The van der Waals surface area contributed by atoms with Crippen molar-refractivity contribution >= 4 is 22.6 Å². The molecule has 112 valence electrons. The molecule has 0 heterocycles. The Morgan fingerprint density at radius 3 is 2.29 bits per heavy atom. The van der Waals surface area contributed by atoms with Crippen molar-refractivity contribution in [2.75, 3.05) is 6.54 Å². The van der Waals surface area contributed by atoms with E-state index in [-0.39, 0.29) is 0 Å². The number of nitrogens with one attached hydrogen (secondary N) is 1.